The standard InChI is InChI=1S/C14H11N.C6H5Cl/c1-2-10-6-5-8-12-11-7-3-4-9-13(11)15-14(10)12;7-6-4-2-1-3-5-6/h2-9,15H,1H2;1-5H. The molecule has 0 atom stereocenters. The van der Waals surface area contributed by atoms with Crippen LogP contribution in [0.2, 0.25) is 5.02 Å². The predicted octanol–water partition coefficient (Wildman–Crippen LogP) is 6.30. The van der Waals surface area contributed by atoms with Gasteiger partial charge in [0.05, 0.1) is 5.52 Å². The third kappa shape index (κ3) is 2.90. The second-order valence-corrected chi connectivity index (χ2v) is 5.38. The number of aromatic nitrogens is 1. The monoisotopic (exact) mass is 305 g/mol. The zero-order valence-electron chi connectivity index (χ0n) is 12.1. The molecule has 1 N–H and O–H groups in total. The largest absolute Gasteiger partial charge is 0.354 e. The predicted molar refractivity (Wildman–Crippen MR) is 97.3 cm³/mol. The van der Waals surface area contributed by atoms with E-state index in [-0.39, 0.29) is 0 Å². The summed E-state index contributed by atoms with van der Waals surface area (Å²) in [6.07, 6.45) is 1.89. The van der Waals surface area contributed by atoms with E-state index >= 15 is 0 Å². The minimum atomic E-state index is 0.794. The van der Waals surface area contributed by atoms with Crippen LogP contribution in [0.5, 0.6) is 0 Å². The summed E-state index contributed by atoms with van der Waals surface area (Å²) < 4.78 is 0. The first-order valence-electron chi connectivity index (χ1n) is 7.12. The van der Waals surface area contributed by atoms with Gasteiger partial charge in [0, 0.05) is 21.3 Å². The summed E-state index contributed by atoms with van der Waals surface area (Å²) in [4.78, 5) is 3.43. The van der Waals surface area contributed by atoms with Crippen LogP contribution in [-0.4, -0.2) is 4.98 Å². The van der Waals surface area contributed by atoms with E-state index in [0.717, 1.165) is 10.6 Å². The maximum atomic E-state index is 5.54. The Hall–Kier alpha value is -2.51. The van der Waals surface area contributed by atoms with Gasteiger partial charge in [0.15, 0.2) is 0 Å². The fourth-order valence-electron chi connectivity index (χ4n) is 2.48. The van der Waals surface area contributed by atoms with E-state index in [1.54, 1.807) is 0 Å². The third-order valence-corrected chi connectivity index (χ3v) is 3.78. The highest BCUT2D eigenvalue weighted by Gasteiger charge is 2.04. The summed E-state index contributed by atoms with van der Waals surface area (Å²) in [7, 11) is 0. The summed E-state index contributed by atoms with van der Waals surface area (Å²) in [5.74, 6) is 0. The van der Waals surface area contributed by atoms with Crippen molar-refractivity contribution in [1.29, 1.82) is 0 Å². The number of rotatable bonds is 1. The lowest BCUT2D eigenvalue weighted by Gasteiger charge is -1.94. The van der Waals surface area contributed by atoms with Crippen molar-refractivity contribution in [1.82, 2.24) is 4.98 Å². The van der Waals surface area contributed by atoms with Crippen molar-refractivity contribution in [2.75, 3.05) is 0 Å². The number of halogens is 1. The summed E-state index contributed by atoms with van der Waals surface area (Å²) in [5.41, 5.74) is 3.51. The fourth-order valence-corrected chi connectivity index (χ4v) is 2.63. The van der Waals surface area contributed by atoms with Crippen LogP contribution >= 0.6 is 11.6 Å². The molecule has 1 nitrogen and oxygen atoms in total. The Morgan fingerprint density at radius 3 is 2.14 bits per heavy atom. The van der Waals surface area contributed by atoms with Crippen molar-refractivity contribution in [3.8, 4) is 0 Å². The van der Waals surface area contributed by atoms with Crippen LogP contribution in [0.15, 0.2) is 79.4 Å². The van der Waals surface area contributed by atoms with E-state index in [1.807, 2.05) is 42.5 Å². The van der Waals surface area contributed by atoms with Gasteiger partial charge < -0.3 is 4.98 Å². The number of nitrogens with one attached hydrogen (secondary N) is 1. The Bertz CT molecular complexity index is 907. The maximum Gasteiger partial charge on any atom is 0.0538 e. The molecule has 22 heavy (non-hydrogen) atoms. The van der Waals surface area contributed by atoms with Gasteiger partial charge in [0.2, 0.25) is 0 Å². The second-order valence-electron chi connectivity index (χ2n) is 4.94. The van der Waals surface area contributed by atoms with Gasteiger partial charge in [-0.05, 0) is 23.8 Å². The number of fused-ring (bicyclic) bond motifs is 3. The highest BCUT2D eigenvalue weighted by atomic mass is 35.5. The van der Waals surface area contributed by atoms with Crippen LogP contribution in [-0.2, 0) is 0 Å². The molecule has 1 aromatic heterocycles. The number of hydrogen-bond donors (Lipinski definition) is 1. The summed E-state index contributed by atoms with van der Waals surface area (Å²) in [6, 6.07) is 24.1. The molecule has 3 aromatic carbocycles. The summed E-state index contributed by atoms with van der Waals surface area (Å²) >= 11 is 5.54. The van der Waals surface area contributed by atoms with Crippen LogP contribution in [0.25, 0.3) is 27.9 Å². The molecule has 1 heterocycles. The van der Waals surface area contributed by atoms with Gasteiger partial charge in [-0.1, -0.05) is 78.9 Å². The maximum absolute atomic E-state index is 5.54. The van der Waals surface area contributed by atoms with Gasteiger partial charge in [-0.3, -0.25) is 0 Å². The molecule has 0 saturated heterocycles. The van der Waals surface area contributed by atoms with Crippen molar-refractivity contribution in [3.05, 3.63) is 90.0 Å². The molecule has 0 unspecified atom stereocenters. The molecule has 4 aromatic rings. The van der Waals surface area contributed by atoms with Gasteiger partial charge in [0.25, 0.3) is 0 Å². The second kappa shape index (κ2) is 6.50. The lowest BCUT2D eigenvalue weighted by atomic mass is 10.1. The molecule has 0 amide bonds. The zero-order valence-corrected chi connectivity index (χ0v) is 12.8. The fraction of sp³-hybridized carbons (Fsp3) is 0. The minimum absolute atomic E-state index is 0.794. The van der Waals surface area contributed by atoms with Crippen LogP contribution < -0.4 is 0 Å². The molecule has 0 aliphatic rings. The topological polar surface area (TPSA) is 15.8 Å². The van der Waals surface area contributed by atoms with E-state index in [0.29, 0.717) is 0 Å². The Balaban J connectivity index is 0.000000174. The smallest absolute Gasteiger partial charge is 0.0538 e. The van der Waals surface area contributed by atoms with Crippen LogP contribution in [0.3, 0.4) is 0 Å². The summed E-state index contributed by atoms with van der Waals surface area (Å²) in [6.45, 7) is 3.83. The minimum Gasteiger partial charge on any atom is -0.354 e. The molecule has 0 aliphatic heterocycles. The normalized spacial score (nSPS) is 10.2. The molecule has 0 spiro atoms. The molecular weight excluding hydrogens is 290 g/mol. The number of hydrogen-bond acceptors (Lipinski definition) is 0. The van der Waals surface area contributed by atoms with Crippen molar-refractivity contribution < 1.29 is 0 Å². The quantitative estimate of drug-likeness (QED) is 0.424. The molecule has 0 saturated carbocycles. The van der Waals surface area contributed by atoms with Gasteiger partial charge >= 0.3 is 0 Å². The number of aromatic amines is 1. The Morgan fingerprint density at radius 1 is 0.773 bits per heavy atom. The molecule has 0 aliphatic carbocycles. The van der Waals surface area contributed by atoms with Crippen LogP contribution in [0.4, 0.5) is 0 Å². The first kappa shape index (κ1) is 14.4. The van der Waals surface area contributed by atoms with Crippen molar-refractivity contribution in [2.45, 2.75) is 0 Å². The highest BCUT2D eigenvalue weighted by Crippen LogP contribution is 2.27. The molecule has 2 heteroatoms. The van der Waals surface area contributed by atoms with Gasteiger partial charge in [-0.25, -0.2) is 0 Å². The molecule has 108 valence electrons. The first-order chi connectivity index (χ1) is 10.8. The number of benzene rings is 3. The molecular formula is C20H16ClN. The average Bonchev–Trinajstić information content (AvgIpc) is 2.95. The van der Waals surface area contributed by atoms with Crippen molar-refractivity contribution in [3.63, 3.8) is 0 Å². The molecule has 0 radical (unpaired) electrons. The van der Waals surface area contributed by atoms with Gasteiger partial charge in [-0.15, -0.1) is 0 Å². The average molecular weight is 306 g/mol. The Morgan fingerprint density at radius 2 is 1.45 bits per heavy atom. The van der Waals surface area contributed by atoms with E-state index in [4.69, 9.17) is 11.6 Å². The van der Waals surface area contributed by atoms with E-state index in [9.17, 15) is 0 Å². The molecule has 0 fully saturated rings. The van der Waals surface area contributed by atoms with E-state index in [1.165, 1.54) is 21.8 Å². The van der Waals surface area contributed by atoms with Crippen LogP contribution in [0, 0.1) is 0 Å². The first-order valence-corrected chi connectivity index (χ1v) is 7.50. The van der Waals surface area contributed by atoms with Gasteiger partial charge in [0.1, 0.15) is 0 Å². The van der Waals surface area contributed by atoms with Gasteiger partial charge in [-0.2, -0.15) is 0 Å². The molecule has 4 rings (SSSR count). The SMILES string of the molecule is C=Cc1cccc2c1[nH]c1ccccc12.Clc1ccccc1. The third-order valence-electron chi connectivity index (χ3n) is 3.53. The lowest BCUT2D eigenvalue weighted by Crippen LogP contribution is -1.73. The Labute approximate surface area is 134 Å². The number of H-pyrrole nitrogens is 1. The van der Waals surface area contributed by atoms with E-state index < -0.39 is 0 Å². The number of para-hydroxylation sites is 2. The van der Waals surface area contributed by atoms with Crippen molar-refractivity contribution >= 4 is 39.5 Å². The van der Waals surface area contributed by atoms with Crippen LogP contribution in [0.1, 0.15) is 5.56 Å². The van der Waals surface area contributed by atoms with E-state index in [2.05, 4.69) is 48.0 Å². The van der Waals surface area contributed by atoms with Crippen molar-refractivity contribution in [2.24, 2.45) is 0 Å². The molecule has 0 bridgehead atoms. The Kier molecular flexibility index (Phi) is 4.27. The summed E-state index contributed by atoms with van der Waals surface area (Å²) in [5, 5.41) is 3.33. The highest BCUT2D eigenvalue weighted by molar-refractivity contribution is 6.30. The zero-order chi connectivity index (χ0) is 15.4. The lowest BCUT2D eigenvalue weighted by molar-refractivity contribution is 1.53.